The van der Waals surface area contributed by atoms with Crippen molar-refractivity contribution < 1.29 is 4.79 Å². The van der Waals surface area contributed by atoms with E-state index in [0.717, 1.165) is 30.1 Å². The summed E-state index contributed by atoms with van der Waals surface area (Å²) in [4.78, 5) is 15.1. The molecule has 0 saturated carbocycles. The number of hydrogen-bond acceptors (Lipinski definition) is 3. The van der Waals surface area contributed by atoms with Crippen molar-refractivity contribution in [2.75, 3.05) is 23.0 Å². The molecule has 0 radical (unpaired) electrons. The van der Waals surface area contributed by atoms with Crippen LogP contribution in [0.4, 0.5) is 11.4 Å². The van der Waals surface area contributed by atoms with E-state index in [0.29, 0.717) is 5.57 Å². The van der Waals surface area contributed by atoms with Gasteiger partial charge in [-0.3, -0.25) is 4.79 Å². The highest BCUT2D eigenvalue weighted by Gasteiger charge is 2.28. The Bertz CT molecular complexity index is 831. The van der Waals surface area contributed by atoms with E-state index < -0.39 is 0 Å². The van der Waals surface area contributed by atoms with E-state index in [1.807, 2.05) is 43.3 Å². The molecule has 25 heavy (non-hydrogen) atoms. The molecule has 2 aliphatic heterocycles. The number of carbonyl (C=O) groups is 1. The predicted octanol–water partition coefficient (Wildman–Crippen LogP) is 4.09. The van der Waals surface area contributed by atoms with Crippen LogP contribution in [0.25, 0.3) is 6.08 Å². The third-order valence-electron chi connectivity index (χ3n) is 4.74. The minimum Gasteiger partial charge on any atom is -0.372 e. The van der Waals surface area contributed by atoms with Crippen molar-refractivity contribution in [3.8, 4) is 0 Å². The molecular weight excluding hydrogens is 310 g/mol. The maximum absolute atomic E-state index is 12.7. The molecule has 2 aliphatic rings. The summed E-state index contributed by atoms with van der Waals surface area (Å²) in [6.45, 7) is 4.15. The van der Waals surface area contributed by atoms with Gasteiger partial charge in [0.1, 0.15) is 0 Å². The minimum atomic E-state index is -0.0766. The summed E-state index contributed by atoms with van der Waals surface area (Å²) in [5.74, 6) is -0.0766. The third-order valence-corrected chi connectivity index (χ3v) is 4.74. The average molecular weight is 331 g/mol. The van der Waals surface area contributed by atoms with Gasteiger partial charge in [-0.25, -0.2) is 0 Å². The van der Waals surface area contributed by atoms with Crippen molar-refractivity contribution in [1.29, 1.82) is 0 Å². The Hall–Kier alpha value is -2.88. The number of carbonyl (C=O) groups excluding carboxylic acids is 1. The van der Waals surface area contributed by atoms with Gasteiger partial charge in [-0.15, -0.1) is 0 Å². The molecule has 4 heteroatoms. The number of para-hydroxylation sites is 1. The Morgan fingerprint density at radius 2 is 1.60 bits per heavy atom. The van der Waals surface area contributed by atoms with Crippen LogP contribution in [-0.2, 0) is 4.79 Å². The summed E-state index contributed by atoms with van der Waals surface area (Å²) >= 11 is 0. The molecule has 2 heterocycles. The Morgan fingerprint density at radius 3 is 2.28 bits per heavy atom. The molecule has 0 aliphatic carbocycles. The minimum absolute atomic E-state index is 0.0766. The van der Waals surface area contributed by atoms with Gasteiger partial charge in [0.25, 0.3) is 5.91 Å². The topological polar surface area (TPSA) is 35.9 Å². The van der Waals surface area contributed by atoms with Gasteiger partial charge in [0.15, 0.2) is 0 Å². The van der Waals surface area contributed by atoms with Crippen molar-refractivity contribution in [3.05, 3.63) is 65.7 Å². The molecule has 1 fully saturated rings. The van der Waals surface area contributed by atoms with Crippen LogP contribution in [-0.4, -0.2) is 24.7 Å². The van der Waals surface area contributed by atoms with Crippen LogP contribution in [0.2, 0.25) is 0 Å². The Labute approximate surface area is 148 Å². The van der Waals surface area contributed by atoms with E-state index in [9.17, 15) is 4.79 Å². The number of benzene rings is 2. The standard InChI is InChI=1S/C21H21N3O/c1-16-20(21(25)24(22-16)19-7-3-2-4-8-19)15-17-9-11-18(12-10-17)23-13-5-6-14-23/h2-4,7-12,15H,5-6,13-14H2,1H3/b20-15+. The van der Waals surface area contributed by atoms with Gasteiger partial charge in [-0.1, -0.05) is 30.3 Å². The first-order chi connectivity index (χ1) is 12.2. The second-order valence-corrected chi connectivity index (χ2v) is 6.48. The van der Waals surface area contributed by atoms with E-state index >= 15 is 0 Å². The fourth-order valence-electron chi connectivity index (χ4n) is 3.35. The van der Waals surface area contributed by atoms with Gasteiger partial charge in [0.05, 0.1) is 17.0 Å². The van der Waals surface area contributed by atoms with Gasteiger partial charge in [-0.2, -0.15) is 10.1 Å². The third kappa shape index (κ3) is 3.07. The van der Waals surface area contributed by atoms with E-state index in [1.165, 1.54) is 23.5 Å². The van der Waals surface area contributed by atoms with Gasteiger partial charge >= 0.3 is 0 Å². The van der Waals surface area contributed by atoms with Crippen LogP contribution in [0.15, 0.2) is 65.3 Å². The normalized spacial score (nSPS) is 19.0. The SMILES string of the molecule is CC1=NN(c2ccccc2)C(=O)/C1=C/c1ccc(N2CCCC2)cc1. The highest BCUT2D eigenvalue weighted by molar-refractivity contribution is 6.32. The molecule has 0 unspecified atom stereocenters. The first-order valence-corrected chi connectivity index (χ1v) is 8.74. The van der Waals surface area contributed by atoms with Crippen LogP contribution < -0.4 is 9.91 Å². The number of amides is 1. The number of rotatable bonds is 3. The van der Waals surface area contributed by atoms with Gasteiger partial charge in [0, 0.05) is 18.8 Å². The maximum atomic E-state index is 12.7. The van der Waals surface area contributed by atoms with Gasteiger partial charge in [0.2, 0.25) is 0 Å². The van der Waals surface area contributed by atoms with Gasteiger partial charge < -0.3 is 4.90 Å². The van der Waals surface area contributed by atoms with Crippen molar-refractivity contribution in [2.24, 2.45) is 5.10 Å². The molecule has 0 bridgehead atoms. The average Bonchev–Trinajstić information content (AvgIpc) is 3.27. The molecule has 4 nitrogen and oxygen atoms in total. The fraction of sp³-hybridized carbons (Fsp3) is 0.238. The zero-order chi connectivity index (χ0) is 17.2. The van der Waals surface area contributed by atoms with Crippen molar-refractivity contribution >= 4 is 29.1 Å². The predicted molar refractivity (Wildman–Crippen MR) is 103 cm³/mol. The highest BCUT2D eigenvalue weighted by Crippen LogP contribution is 2.26. The molecule has 0 aromatic heterocycles. The first kappa shape index (κ1) is 15.6. The highest BCUT2D eigenvalue weighted by atomic mass is 16.2. The zero-order valence-corrected chi connectivity index (χ0v) is 14.4. The molecule has 0 atom stereocenters. The lowest BCUT2D eigenvalue weighted by Gasteiger charge is -2.17. The summed E-state index contributed by atoms with van der Waals surface area (Å²) in [5, 5.41) is 5.89. The van der Waals surface area contributed by atoms with Crippen molar-refractivity contribution in [3.63, 3.8) is 0 Å². The molecule has 0 N–H and O–H groups in total. The molecular formula is C21H21N3O. The molecule has 4 rings (SSSR count). The van der Waals surface area contributed by atoms with E-state index in [-0.39, 0.29) is 5.91 Å². The number of anilines is 2. The van der Waals surface area contributed by atoms with E-state index in [4.69, 9.17) is 0 Å². The second kappa shape index (κ2) is 6.55. The molecule has 1 saturated heterocycles. The number of hydrogen-bond donors (Lipinski definition) is 0. The Balaban J connectivity index is 1.57. The van der Waals surface area contributed by atoms with Crippen LogP contribution in [0.5, 0.6) is 0 Å². The largest absolute Gasteiger partial charge is 0.372 e. The summed E-state index contributed by atoms with van der Waals surface area (Å²) in [6, 6.07) is 18.0. The lowest BCUT2D eigenvalue weighted by atomic mass is 10.1. The zero-order valence-electron chi connectivity index (χ0n) is 14.4. The molecule has 2 aromatic carbocycles. The second-order valence-electron chi connectivity index (χ2n) is 6.48. The van der Waals surface area contributed by atoms with Crippen molar-refractivity contribution in [1.82, 2.24) is 0 Å². The fourth-order valence-corrected chi connectivity index (χ4v) is 3.35. The van der Waals surface area contributed by atoms with Crippen molar-refractivity contribution in [2.45, 2.75) is 19.8 Å². The Morgan fingerprint density at radius 1 is 0.920 bits per heavy atom. The quantitative estimate of drug-likeness (QED) is 0.794. The first-order valence-electron chi connectivity index (χ1n) is 8.74. The van der Waals surface area contributed by atoms with Gasteiger partial charge in [-0.05, 0) is 55.7 Å². The summed E-state index contributed by atoms with van der Waals surface area (Å²) in [7, 11) is 0. The van der Waals surface area contributed by atoms with Crippen LogP contribution >= 0.6 is 0 Å². The monoisotopic (exact) mass is 331 g/mol. The number of hydrazone groups is 1. The van der Waals surface area contributed by atoms with Crippen LogP contribution in [0.3, 0.4) is 0 Å². The number of nitrogens with zero attached hydrogens (tertiary/aromatic N) is 3. The summed E-state index contributed by atoms with van der Waals surface area (Å²) in [6.07, 6.45) is 4.47. The lowest BCUT2D eigenvalue weighted by molar-refractivity contribution is -0.114. The summed E-state index contributed by atoms with van der Waals surface area (Å²) < 4.78 is 0. The molecule has 2 aromatic rings. The van der Waals surface area contributed by atoms with E-state index in [2.05, 4.69) is 34.3 Å². The Kier molecular flexibility index (Phi) is 4.10. The lowest BCUT2D eigenvalue weighted by Crippen LogP contribution is -2.21. The van der Waals surface area contributed by atoms with Crippen LogP contribution in [0.1, 0.15) is 25.3 Å². The smallest absolute Gasteiger partial charge is 0.280 e. The molecule has 126 valence electrons. The maximum Gasteiger partial charge on any atom is 0.280 e. The molecule has 1 amide bonds. The summed E-state index contributed by atoms with van der Waals surface area (Å²) in [5.41, 5.74) is 4.47. The van der Waals surface area contributed by atoms with E-state index in [1.54, 1.807) is 0 Å². The molecule has 0 spiro atoms. The van der Waals surface area contributed by atoms with Crippen LogP contribution in [0, 0.1) is 0 Å².